The minimum absolute atomic E-state index is 0. The molecule has 0 aliphatic heterocycles. The fourth-order valence-corrected chi connectivity index (χ4v) is 2.60. The number of fused-ring (bicyclic) bond motifs is 1. The molecule has 4 rings (SSSR count). The van der Waals surface area contributed by atoms with Crippen molar-refractivity contribution in [1.82, 2.24) is 24.9 Å². The predicted molar refractivity (Wildman–Crippen MR) is 98.8 cm³/mol. The second kappa shape index (κ2) is 7.10. The van der Waals surface area contributed by atoms with E-state index in [0.29, 0.717) is 22.4 Å². The standard InChI is InChI=1S/C18H12N6O2.H2O/c19-13-9-21-17-15(22-13)14(10-4-2-1-3-5-10)23-16(24-17)11-6-7-20-8-12(11)18(25)26;/h1-9H,(H2,19,22)(H,25,26);1H2. The fraction of sp³-hybridized carbons (Fsp3) is 0. The minimum Gasteiger partial charge on any atom is -0.478 e. The molecule has 27 heavy (non-hydrogen) atoms. The third kappa shape index (κ3) is 3.26. The number of aromatic carboxylic acids is 1. The zero-order valence-corrected chi connectivity index (χ0v) is 13.9. The lowest BCUT2D eigenvalue weighted by Gasteiger charge is -2.09. The van der Waals surface area contributed by atoms with Gasteiger partial charge in [-0.25, -0.2) is 24.7 Å². The van der Waals surface area contributed by atoms with Gasteiger partial charge in [0, 0.05) is 23.5 Å². The van der Waals surface area contributed by atoms with Gasteiger partial charge in [-0.3, -0.25) is 4.98 Å². The van der Waals surface area contributed by atoms with Gasteiger partial charge in [0.1, 0.15) is 17.0 Å². The highest BCUT2D eigenvalue weighted by Crippen LogP contribution is 2.28. The van der Waals surface area contributed by atoms with E-state index < -0.39 is 5.97 Å². The van der Waals surface area contributed by atoms with Crippen molar-refractivity contribution >= 4 is 23.0 Å². The number of carboxylic acid groups (broad SMARTS) is 1. The normalized spacial score (nSPS) is 10.4. The van der Waals surface area contributed by atoms with Crippen LogP contribution in [0.25, 0.3) is 33.8 Å². The van der Waals surface area contributed by atoms with Crippen molar-refractivity contribution in [3.05, 3.63) is 60.6 Å². The molecule has 3 heterocycles. The van der Waals surface area contributed by atoms with Gasteiger partial charge < -0.3 is 16.3 Å². The molecule has 9 nitrogen and oxygen atoms in total. The van der Waals surface area contributed by atoms with E-state index in [1.807, 2.05) is 30.3 Å². The summed E-state index contributed by atoms with van der Waals surface area (Å²) in [7, 11) is 0. The number of nitrogens with zero attached hydrogens (tertiary/aromatic N) is 5. The fourth-order valence-electron chi connectivity index (χ4n) is 2.60. The summed E-state index contributed by atoms with van der Waals surface area (Å²) in [6.07, 6.45) is 4.16. The summed E-state index contributed by atoms with van der Waals surface area (Å²) in [5.74, 6) is -0.627. The van der Waals surface area contributed by atoms with Crippen LogP contribution < -0.4 is 5.73 Å². The van der Waals surface area contributed by atoms with Crippen molar-refractivity contribution in [3.63, 3.8) is 0 Å². The van der Waals surface area contributed by atoms with Gasteiger partial charge in [0.15, 0.2) is 11.5 Å². The van der Waals surface area contributed by atoms with E-state index in [4.69, 9.17) is 5.73 Å². The Hall–Kier alpha value is -3.98. The molecule has 5 N–H and O–H groups in total. The molecule has 0 saturated carbocycles. The number of anilines is 1. The van der Waals surface area contributed by atoms with Crippen molar-refractivity contribution in [2.45, 2.75) is 0 Å². The molecular weight excluding hydrogens is 348 g/mol. The predicted octanol–water partition coefficient (Wildman–Crippen LogP) is 1.60. The van der Waals surface area contributed by atoms with Gasteiger partial charge in [-0.2, -0.15) is 0 Å². The van der Waals surface area contributed by atoms with Crippen LogP contribution in [-0.2, 0) is 0 Å². The molecule has 0 bridgehead atoms. The monoisotopic (exact) mass is 362 g/mol. The van der Waals surface area contributed by atoms with Crippen LogP contribution in [0.15, 0.2) is 55.0 Å². The van der Waals surface area contributed by atoms with Crippen molar-refractivity contribution < 1.29 is 15.4 Å². The van der Waals surface area contributed by atoms with Gasteiger partial charge >= 0.3 is 5.97 Å². The molecule has 134 valence electrons. The van der Waals surface area contributed by atoms with Crippen LogP contribution in [0, 0.1) is 0 Å². The van der Waals surface area contributed by atoms with Gasteiger partial charge in [0.25, 0.3) is 0 Å². The SMILES string of the molecule is Nc1cnc2nc(-c3ccncc3C(=O)O)nc(-c3ccccc3)c2n1.O. The molecule has 0 aliphatic rings. The van der Waals surface area contributed by atoms with E-state index in [-0.39, 0.29) is 22.7 Å². The Morgan fingerprint density at radius 3 is 2.52 bits per heavy atom. The third-order valence-electron chi connectivity index (χ3n) is 3.77. The van der Waals surface area contributed by atoms with Crippen LogP contribution in [-0.4, -0.2) is 41.5 Å². The lowest BCUT2D eigenvalue weighted by atomic mass is 10.1. The lowest BCUT2D eigenvalue weighted by Crippen LogP contribution is -2.05. The molecule has 0 saturated heterocycles. The maximum Gasteiger partial charge on any atom is 0.338 e. The number of nitrogen functional groups attached to an aromatic ring is 1. The van der Waals surface area contributed by atoms with E-state index in [1.54, 1.807) is 6.07 Å². The summed E-state index contributed by atoms with van der Waals surface area (Å²) >= 11 is 0. The number of carboxylic acids is 1. The molecule has 1 aromatic carbocycles. The second-order valence-corrected chi connectivity index (χ2v) is 5.46. The maximum absolute atomic E-state index is 11.5. The largest absolute Gasteiger partial charge is 0.478 e. The van der Waals surface area contributed by atoms with Crippen LogP contribution in [0.2, 0.25) is 0 Å². The van der Waals surface area contributed by atoms with Crippen LogP contribution in [0.5, 0.6) is 0 Å². The summed E-state index contributed by atoms with van der Waals surface area (Å²) in [6, 6.07) is 10.9. The summed E-state index contributed by atoms with van der Waals surface area (Å²) in [4.78, 5) is 32.9. The summed E-state index contributed by atoms with van der Waals surface area (Å²) in [5.41, 5.74) is 8.23. The highest BCUT2D eigenvalue weighted by molar-refractivity contribution is 5.96. The molecule has 0 aliphatic carbocycles. The first-order chi connectivity index (χ1) is 12.6. The van der Waals surface area contributed by atoms with Crippen molar-refractivity contribution in [1.29, 1.82) is 0 Å². The Balaban J connectivity index is 0.00000210. The number of benzene rings is 1. The number of hydrogen-bond donors (Lipinski definition) is 2. The smallest absolute Gasteiger partial charge is 0.338 e. The summed E-state index contributed by atoms with van der Waals surface area (Å²) in [6.45, 7) is 0. The number of hydrogen-bond acceptors (Lipinski definition) is 7. The molecule has 0 spiro atoms. The number of pyridine rings is 1. The minimum atomic E-state index is -1.11. The average molecular weight is 362 g/mol. The van der Waals surface area contributed by atoms with Gasteiger partial charge in [-0.15, -0.1) is 0 Å². The Kier molecular flexibility index (Phi) is 4.69. The average Bonchev–Trinajstić information content (AvgIpc) is 2.68. The van der Waals surface area contributed by atoms with E-state index >= 15 is 0 Å². The van der Waals surface area contributed by atoms with Crippen LogP contribution >= 0.6 is 0 Å². The Morgan fingerprint density at radius 1 is 1.00 bits per heavy atom. The van der Waals surface area contributed by atoms with Crippen LogP contribution in [0.4, 0.5) is 5.82 Å². The second-order valence-electron chi connectivity index (χ2n) is 5.46. The van der Waals surface area contributed by atoms with E-state index in [9.17, 15) is 9.90 Å². The van der Waals surface area contributed by atoms with E-state index in [1.165, 1.54) is 18.6 Å². The molecule has 9 heteroatoms. The van der Waals surface area contributed by atoms with Crippen LogP contribution in [0.1, 0.15) is 10.4 Å². The molecule has 0 radical (unpaired) electrons. The summed E-state index contributed by atoms with van der Waals surface area (Å²) < 4.78 is 0. The highest BCUT2D eigenvalue weighted by atomic mass is 16.4. The molecular formula is C18H14N6O3. The van der Waals surface area contributed by atoms with Gasteiger partial charge in [0.05, 0.1) is 11.8 Å². The zero-order chi connectivity index (χ0) is 18.1. The van der Waals surface area contributed by atoms with Crippen molar-refractivity contribution in [2.24, 2.45) is 0 Å². The molecule has 0 amide bonds. The number of aromatic nitrogens is 5. The zero-order valence-electron chi connectivity index (χ0n) is 13.9. The van der Waals surface area contributed by atoms with Gasteiger partial charge in [-0.05, 0) is 6.07 Å². The van der Waals surface area contributed by atoms with Crippen molar-refractivity contribution in [3.8, 4) is 22.6 Å². The third-order valence-corrected chi connectivity index (χ3v) is 3.77. The molecule has 0 unspecified atom stereocenters. The van der Waals surface area contributed by atoms with Crippen LogP contribution in [0.3, 0.4) is 0 Å². The van der Waals surface area contributed by atoms with E-state index in [0.717, 1.165) is 5.56 Å². The Labute approximate surface area is 152 Å². The number of nitrogens with two attached hydrogens (primary N) is 1. The Bertz CT molecular complexity index is 1130. The van der Waals surface area contributed by atoms with Crippen molar-refractivity contribution in [2.75, 3.05) is 5.73 Å². The highest BCUT2D eigenvalue weighted by Gasteiger charge is 2.18. The first kappa shape index (κ1) is 17.8. The van der Waals surface area contributed by atoms with Gasteiger partial charge in [-0.1, -0.05) is 30.3 Å². The molecule has 0 atom stereocenters. The molecule has 4 aromatic rings. The Morgan fingerprint density at radius 2 is 1.78 bits per heavy atom. The molecule has 0 fully saturated rings. The van der Waals surface area contributed by atoms with E-state index in [2.05, 4.69) is 24.9 Å². The quantitative estimate of drug-likeness (QED) is 0.556. The van der Waals surface area contributed by atoms with Gasteiger partial charge in [0.2, 0.25) is 0 Å². The number of rotatable bonds is 3. The number of carbonyl (C=O) groups is 1. The topological polar surface area (TPSA) is 159 Å². The summed E-state index contributed by atoms with van der Waals surface area (Å²) in [5, 5.41) is 9.42. The molecule has 3 aromatic heterocycles. The first-order valence-electron chi connectivity index (χ1n) is 7.67. The lowest BCUT2D eigenvalue weighted by molar-refractivity contribution is 0.0697. The first-order valence-corrected chi connectivity index (χ1v) is 7.67. The maximum atomic E-state index is 11.5.